The Labute approximate surface area is 169 Å². The van der Waals surface area contributed by atoms with Gasteiger partial charge in [0.25, 0.3) is 5.91 Å². The molecule has 1 aromatic heterocycles. The number of morpholine rings is 1. The summed E-state index contributed by atoms with van der Waals surface area (Å²) in [6.07, 6.45) is 0. The molecule has 0 bridgehead atoms. The smallest absolute Gasteiger partial charge is 0.287 e. The monoisotopic (exact) mass is 398 g/mol. The fourth-order valence-electron chi connectivity index (χ4n) is 3.73. The van der Waals surface area contributed by atoms with Gasteiger partial charge >= 0.3 is 0 Å². The van der Waals surface area contributed by atoms with E-state index in [0.29, 0.717) is 30.5 Å². The van der Waals surface area contributed by atoms with Crippen LogP contribution in [0.2, 0.25) is 5.02 Å². The second-order valence-electron chi connectivity index (χ2n) is 6.95. The van der Waals surface area contributed by atoms with Crippen molar-refractivity contribution in [1.29, 1.82) is 0 Å². The largest absolute Gasteiger partial charge is 0.451 e. The van der Waals surface area contributed by atoms with E-state index in [-0.39, 0.29) is 11.9 Å². The summed E-state index contributed by atoms with van der Waals surface area (Å²) in [5.74, 6) is 0.153. The molecule has 0 aliphatic carbocycles. The number of benzene rings is 2. The van der Waals surface area contributed by atoms with E-state index >= 15 is 0 Å². The molecule has 0 radical (unpaired) electrons. The minimum absolute atomic E-state index is 0.0220. The highest BCUT2D eigenvalue weighted by atomic mass is 35.5. The second-order valence-corrected chi connectivity index (χ2v) is 7.36. The first-order valence-corrected chi connectivity index (χ1v) is 9.85. The molecule has 1 amide bonds. The van der Waals surface area contributed by atoms with Crippen molar-refractivity contribution in [3.63, 3.8) is 0 Å². The number of carbonyl (C=O) groups is 1. The van der Waals surface area contributed by atoms with Gasteiger partial charge in [0.15, 0.2) is 5.76 Å². The number of hydrogen-bond acceptors (Lipinski definition) is 4. The van der Waals surface area contributed by atoms with E-state index in [1.807, 2.05) is 55.5 Å². The zero-order valence-electron chi connectivity index (χ0n) is 15.8. The number of ether oxygens (including phenoxy) is 1. The molecule has 1 atom stereocenters. The number of amides is 1. The van der Waals surface area contributed by atoms with E-state index in [1.165, 1.54) is 0 Å². The summed E-state index contributed by atoms with van der Waals surface area (Å²) in [5.41, 5.74) is 2.59. The van der Waals surface area contributed by atoms with Crippen LogP contribution in [-0.2, 0) is 4.74 Å². The standard InChI is InChI=1S/C22H23ClN2O3/c1-15-16-6-3-5-9-20(16)28-21(15)22(26)24-14-19(25-10-12-27-13-11-25)17-7-2-4-8-18(17)23/h2-9,19H,10-14H2,1H3,(H,24,26)/t19-/m0/s1. The maximum atomic E-state index is 12.9. The van der Waals surface area contributed by atoms with Crippen LogP contribution in [0, 0.1) is 6.92 Å². The van der Waals surface area contributed by atoms with Crippen LogP contribution in [0.4, 0.5) is 0 Å². The quantitative estimate of drug-likeness (QED) is 0.699. The summed E-state index contributed by atoms with van der Waals surface area (Å²) >= 11 is 6.46. The minimum atomic E-state index is -0.209. The van der Waals surface area contributed by atoms with Crippen LogP contribution < -0.4 is 5.32 Å². The lowest BCUT2D eigenvalue weighted by molar-refractivity contribution is 0.0162. The third-order valence-corrected chi connectivity index (χ3v) is 5.60. The van der Waals surface area contributed by atoms with Gasteiger partial charge in [-0.2, -0.15) is 0 Å². The van der Waals surface area contributed by atoms with Crippen molar-refractivity contribution >= 4 is 28.5 Å². The van der Waals surface area contributed by atoms with E-state index < -0.39 is 0 Å². The predicted molar refractivity (Wildman–Crippen MR) is 110 cm³/mol. The maximum absolute atomic E-state index is 12.9. The Hall–Kier alpha value is -2.34. The van der Waals surface area contributed by atoms with Crippen molar-refractivity contribution in [2.45, 2.75) is 13.0 Å². The molecule has 1 aliphatic heterocycles. The summed E-state index contributed by atoms with van der Waals surface area (Å²) in [6.45, 7) is 5.31. The third kappa shape index (κ3) is 3.78. The van der Waals surface area contributed by atoms with Gasteiger partial charge in [-0.15, -0.1) is 0 Å². The molecule has 0 spiro atoms. The SMILES string of the molecule is Cc1c(C(=O)NC[C@@H](c2ccccc2Cl)N2CCOCC2)oc2ccccc12. The highest BCUT2D eigenvalue weighted by Crippen LogP contribution is 2.29. The normalized spacial score (nSPS) is 16.2. The Morgan fingerprint density at radius 1 is 1.14 bits per heavy atom. The highest BCUT2D eigenvalue weighted by molar-refractivity contribution is 6.31. The van der Waals surface area contributed by atoms with E-state index in [0.717, 1.165) is 35.2 Å². The van der Waals surface area contributed by atoms with Gasteiger partial charge in [0.2, 0.25) is 0 Å². The molecule has 1 saturated heterocycles. The van der Waals surface area contributed by atoms with Gasteiger partial charge in [-0.1, -0.05) is 48.0 Å². The number of hydrogen-bond donors (Lipinski definition) is 1. The van der Waals surface area contributed by atoms with Crippen molar-refractivity contribution in [2.75, 3.05) is 32.8 Å². The van der Waals surface area contributed by atoms with Gasteiger partial charge in [0, 0.05) is 35.6 Å². The Morgan fingerprint density at radius 3 is 2.61 bits per heavy atom. The fraction of sp³-hybridized carbons (Fsp3) is 0.318. The average Bonchev–Trinajstić information content (AvgIpc) is 3.07. The molecule has 1 fully saturated rings. The number of para-hydroxylation sites is 1. The van der Waals surface area contributed by atoms with Crippen molar-refractivity contribution in [3.8, 4) is 0 Å². The van der Waals surface area contributed by atoms with Crippen LogP contribution in [0.15, 0.2) is 52.9 Å². The molecular weight excluding hydrogens is 376 g/mol. The van der Waals surface area contributed by atoms with Gasteiger partial charge in [-0.3, -0.25) is 9.69 Å². The van der Waals surface area contributed by atoms with Crippen molar-refractivity contribution < 1.29 is 13.9 Å². The minimum Gasteiger partial charge on any atom is -0.451 e. The van der Waals surface area contributed by atoms with Gasteiger partial charge < -0.3 is 14.5 Å². The number of carbonyl (C=O) groups excluding carboxylic acids is 1. The lowest BCUT2D eigenvalue weighted by Crippen LogP contribution is -2.44. The van der Waals surface area contributed by atoms with Gasteiger partial charge in [-0.25, -0.2) is 0 Å². The highest BCUT2D eigenvalue weighted by Gasteiger charge is 2.26. The molecule has 1 aliphatic rings. The second kappa shape index (κ2) is 8.35. The molecule has 3 aromatic rings. The molecule has 0 unspecified atom stereocenters. The predicted octanol–water partition coefficient (Wildman–Crippen LogP) is 4.20. The van der Waals surface area contributed by atoms with Crippen LogP contribution in [0.1, 0.15) is 27.7 Å². The lowest BCUT2D eigenvalue weighted by Gasteiger charge is -2.35. The molecule has 1 N–H and O–H groups in total. The van der Waals surface area contributed by atoms with Gasteiger partial charge in [-0.05, 0) is 24.6 Å². The lowest BCUT2D eigenvalue weighted by atomic mass is 10.0. The molecular formula is C22H23ClN2O3. The van der Waals surface area contributed by atoms with Gasteiger partial charge in [0.05, 0.1) is 19.3 Å². The molecule has 28 heavy (non-hydrogen) atoms. The fourth-order valence-corrected chi connectivity index (χ4v) is 3.99. The number of fused-ring (bicyclic) bond motifs is 1. The van der Waals surface area contributed by atoms with Crippen LogP contribution in [0.3, 0.4) is 0 Å². The Bertz CT molecular complexity index is 979. The first kappa shape index (κ1) is 19.0. The van der Waals surface area contributed by atoms with E-state index in [4.69, 9.17) is 20.8 Å². The van der Waals surface area contributed by atoms with E-state index in [2.05, 4.69) is 10.2 Å². The van der Waals surface area contributed by atoms with Crippen LogP contribution in [0.5, 0.6) is 0 Å². The van der Waals surface area contributed by atoms with Crippen molar-refractivity contribution in [1.82, 2.24) is 10.2 Å². The first-order chi connectivity index (χ1) is 13.6. The zero-order chi connectivity index (χ0) is 19.5. The number of halogens is 1. The summed E-state index contributed by atoms with van der Waals surface area (Å²) in [5, 5.41) is 4.71. The topological polar surface area (TPSA) is 54.7 Å². The summed E-state index contributed by atoms with van der Waals surface area (Å²) in [4.78, 5) is 15.2. The van der Waals surface area contributed by atoms with Crippen LogP contribution in [0.25, 0.3) is 11.0 Å². The number of nitrogens with one attached hydrogen (secondary N) is 1. The Kier molecular flexibility index (Phi) is 5.67. The molecule has 5 nitrogen and oxygen atoms in total. The van der Waals surface area contributed by atoms with Crippen LogP contribution >= 0.6 is 11.6 Å². The van der Waals surface area contributed by atoms with E-state index in [9.17, 15) is 4.79 Å². The number of nitrogens with zero attached hydrogens (tertiary/aromatic N) is 1. The van der Waals surface area contributed by atoms with Crippen molar-refractivity contribution in [2.24, 2.45) is 0 Å². The zero-order valence-corrected chi connectivity index (χ0v) is 16.5. The molecule has 146 valence electrons. The van der Waals surface area contributed by atoms with Gasteiger partial charge in [0.1, 0.15) is 5.58 Å². The average molecular weight is 399 g/mol. The third-order valence-electron chi connectivity index (χ3n) is 5.26. The molecule has 2 aromatic carbocycles. The molecule has 4 rings (SSSR count). The van der Waals surface area contributed by atoms with E-state index in [1.54, 1.807) is 0 Å². The molecule has 2 heterocycles. The number of aryl methyl sites for hydroxylation is 1. The first-order valence-electron chi connectivity index (χ1n) is 9.47. The van der Waals surface area contributed by atoms with Crippen molar-refractivity contribution in [3.05, 3.63) is 70.4 Å². The molecule has 6 heteroatoms. The summed E-state index contributed by atoms with van der Waals surface area (Å²) < 4.78 is 11.3. The summed E-state index contributed by atoms with van der Waals surface area (Å²) in [7, 11) is 0. The molecule has 0 saturated carbocycles. The van der Waals surface area contributed by atoms with Crippen LogP contribution in [-0.4, -0.2) is 43.7 Å². The maximum Gasteiger partial charge on any atom is 0.287 e. The summed E-state index contributed by atoms with van der Waals surface area (Å²) in [6, 6.07) is 15.4. The Morgan fingerprint density at radius 2 is 1.86 bits per heavy atom. The Balaban J connectivity index is 1.55. The number of rotatable bonds is 5. The number of furan rings is 1.